The van der Waals surface area contributed by atoms with Crippen LogP contribution in [0.3, 0.4) is 0 Å². The Labute approximate surface area is 99.5 Å². The normalized spacial score (nSPS) is 18.2. The molecular formula is C12H15N3O2. The van der Waals surface area contributed by atoms with Gasteiger partial charge in [0.2, 0.25) is 5.91 Å². The van der Waals surface area contributed by atoms with E-state index < -0.39 is 0 Å². The molecule has 2 rings (SSSR count). The number of nitrogens with two attached hydrogens (primary N) is 1. The molecule has 1 aromatic rings. The predicted molar refractivity (Wildman–Crippen MR) is 63.9 cm³/mol. The molecule has 5 nitrogen and oxygen atoms in total. The van der Waals surface area contributed by atoms with Crippen molar-refractivity contribution in [3.8, 4) is 0 Å². The molecule has 90 valence electrons. The van der Waals surface area contributed by atoms with Crippen molar-refractivity contribution in [3.05, 3.63) is 35.4 Å². The summed E-state index contributed by atoms with van der Waals surface area (Å²) in [5.74, 6) is -0.0357. The van der Waals surface area contributed by atoms with E-state index in [-0.39, 0.29) is 24.2 Å². The predicted octanol–water partition coefficient (Wildman–Crippen LogP) is 0.531. The number of benzene rings is 1. The number of amides is 1. The molecule has 0 heterocycles. The number of hydrogen-bond donors (Lipinski definition) is 2. The van der Waals surface area contributed by atoms with Crippen molar-refractivity contribution in [1.82, 2.24) is 4.90 Å². The lowest BCUT2D eigenvalue weighted by molar-refractivity contribution is -0.131. The van der Waals surface area contributed by atoms with Gasteiger partial charge in [-0.2, -0.15) is 0 Å². The Balaban J connectivity index is 2.04. The van der Waals surface area contributed by atoms with Crippen molar-refractivity contribution in [3.63, 3.8) is 0 Å². The minimum atomic E-state index is -0.0808. The van der Waals surface area contributed by atoms with Gasteiger partial charge in [0.25, 0.3) is 0 Å². The lowest BCUT2D eigenvalue weighted by atomic mass is 9.77. The first-order valence-corrected chi connectivity index (χ1v) is 5.42. The highest BCUT2D eigenvalue weighted by Gasteiger charge is 2.33. The number of carbonyl (C=O) groups is 1. The second-order valence-electron chi connectivity index (χ2n) is 4.24. The highest BCUT2D eigenvalue weighted by Crippen LogP contribution is 2.35. The molecule has 1 aromatic carbocycles. The highest BCUT2D eigenvalue weighted by atomic mass is 16.4. The average Bonchev–Trinajstić information content (AvgIpc) is 2.30. The number of nitrogens with zero attached hydrogens (tertiary/aromatic N) is 2. The average molecular weight is 233 g/mol. The van der Waals surface area contributed by atoms with Gasteiger partial charge in [0.1, 0.15) is 0 Å². The molecule has 0 saturated carbocycles. The Morgan fingerprint density at radius 3 is 2.94 bits per heavy atom. The van der Waals surface area contributed by atoms with Gasteiger partial charge in [-0.25, -0.2) is 0 Å². The number of hydrogen-bond acceptors (Lipinski definition) is 3. The summed E-state index contributed by atoms with van der Waals surface area (Å²) in [4.78, 5) is 13.6. The van der Waals surface area contributed by atoms with Crippen LogP contribution in [0.1, 0.15) is 17.0 Å². The zero-order valence-electron chi connectivity index (χ0n) is 9.63. The largest absolute Gasteiger partial charge is 0.409 e. The van der Waals surface area contributed by atoms with Crippen molar-refractivity contribution in [2.24, 2.45) is 10.9 Å². The van der Waals surface area contributed by atoms with Crippen LogP contribution in [0.15, 0.2) is 29.4 Å². The van der Waals surface area contributed by atoms with Gasteiger partial charge < -0.3 is 15.8 Å². The fourth-order valence-corrected chi connectivity index (χ4v) is 2.10. The summed E-state index contributed by atoms with van der Waals surface area (Å²) in [6.45, 7) is 0.147. The van der Waals surface area contributed by atoms with E-state index >= 15 is 0 Å². The Bertz CT molecular complexity index is 471. The van der Waals surface area contributed by atoms with Crippen LogP contribution >= 0.6 is 0 Å². The smallest absolute Gasteiger partial charge is 0.230 e. The third-order valence-electron chi connectivity index (χ3n) is 3.06. The van der Waals surface area contributed by atoms with Crippen molar-refractivity contribution >= 4 is 11.7 Å². The van der Waals surface area contributed by atoms with Crippen LogP contribution in [0.5, 0.6) is 0 Å². The summed E-state index contributed by atoms with van der Waals surface area (Å²) in [6.07, 6.45) is 0.773. The van der Waals surface area contributed by atoms with E-state index in [4.69, 9.17) is 10.9 Å². The van der Waals surface area contributed by atoms with E-state index in [0.717, 1.165) is 12.0 Å². The molecule has 5 heteroatoms. The maximum Gasteiger partial charge on any atom is 0.230 e. The SMILES string of the molecule is CN(CC(N)=NO)C(=O)C1Cc2ccccc21. The molecular weight excluding hydrogens is 218 g/mol. The van der Waals surface area contributed by atoms with Gasteiger partial charge in [-0.15, -0.1) is 0 Å². The van der Waals surface area contributed by atoms with E-state index in [9.17, 15) is 4.79 Å². The zero-order valence-corrected chi connectivity index (χ0v) is 9.63. The first-order chi connectivity index (χ1) is 8.13. The van der Waals surface area contributed by atoms with Crippen LogP contribution in [0.2, 0.25) is 0 Å². The molecule has 1 unspecified atom stereocenters. The van der Waals surface area contributed by atoms with Crippen molar-refractivity contribution < 1.29 is 10.0 Å². The van der Waals surface area contributed by atoms with Gasteiger partial charge in [-0.05, 0) is 17.5 Å². The monoisotopic (exact) mass is 233 g/mol. The first kappa shape index (κ1) is 11.4. The quantitative estimate of drug-likeness (QED) is 0.346. The topological polar surface area (TPSA) is 78.9 Å². The molecule has 0 bridgehead atoms. The summed E-state index contributed by atoms with van der Waals surface area (Å²) in [5, 5.41) is 11.3. The zero-order chi connectivity index (χ0) is 12.4. The maximum absolute atomic E-state index is 12.1. The number of fused-ring (bicyclic) bond motifs is 1. The number of carbonyl (C=O) groups excluding carboxylic acids is 1. The minimum absolute atomic E-state index is 0.00954. The van der Waals surface area contributed by atoms with E-state index in [1.165, 1.54) is 10.5 Å². The van der Waals surface area contributed by atoms with Gasteiger partial charge in [0.15, 0.2) is 5.84 Å². The van der Waals surface area contributed by atoms with Crippen LogP contribution in [-0.4, -0.2) is 35.4 Å². The maximum atomic E-state index is 12.1. The molecule has 17 heavy (non-hydrogen) atoms. The highest BCUT2D eigenvalue weighted by molar-refractivity contribution is 5.91. The summed E-state index contributed by atoms with van der Waals surface area (Å²) in [5.41, 5.74) is 7.68. The van der Waals surface area contributed by atoms with Crippen molar-refractivity contribution in [2.45, 2.75) is 12.3 Å². The molecule has 0 fully saturated rings. The molecule has 1 aliphatic carbocycles. The van der Waals surface area contributed by atoms with Crippen LogP contribution in [0.25, 0.3) is 0 Å². The number of likely N-dealkylation sites (N-methyl/N-ethyl adjacent to an activating group) is 1. The van der Waals surface area contributed by atoms with Gasteiger partial charge >= 0.3 is 0 Å². The Morgan fingerprint density at radius 2 is 2.29 bits per heavy atom. The van der Waals surface area contributed by atoms with Crippen molar-refractivity contribution in [2.75, 3.05) is 13.6 Å². The summed E-state index contributed by atoms with van der Waals surface area (Å²) in [7, 11) is 1.65. The van der Waals surface area contributed by atoms with Gasteiger partial charge in [0.05, 0.1) is 12.5 Å². The first-order valence-electron chi connectivity index (χ1n) is 5.42. The van der Waals surface area contributed by atoms with Gasteiger partial charge in [-0.3, -0.25) is 4.79 Å². The lowest BCUT2D eigenvalue weighted by Gasteiger charge is -2.32. The van der Waals surface area contributed by atoms with E-state index in [1.807, 2.05) is 24.3 Å². The molecule has 0 saturated heterocycles. The van der Waals surface area contributed by atoms with Crippen LogP contribution in [-0.2, 0) is 11.2 Å². The molecule has 3 N–H and O–H groups in total. The molecule has 1 amide bonds. The molecule has 0 spiro atoms. The Morgan fingerprint density at radius 1 is 1.59 bits per heavy atom. The van der Waals surface area contributed by atoms with Gasteiger partial charge in [0, 0.05) is 7.05 Å². The van der Waals surface area contributed by atoms with E-state index in [0.29, 0.717) is 0 Å². The number of oxime groups is 1. The summed E-state index contributed by atoms with van der Waals surface area (Å²) >= 11 is 0. The molecule has 1 aliphatic rings. The third kappa shape index (κ3) is 2.08. The summed E-state index contributed by atoms with van der Waals surface area (Å²) < 4.78 is 0. The van der Waals surface area contributed by atoms with E-state index in [1.54, 1.807) is 7.05 Å². The van der Waals surface area contributed by atoms with E-state index in [2.05, 4.69) is 5.16 Å². The van der Waals surface area contributed by atoms with Crippen LogP contribution < -0.4 is 5.73 Å². The number of amidine groups is 1. The molecule has 1 atom stereocenters. The third-order valence-corrected chi connectivity index (χ3v) is 3.06. The van der Waals surface area contributed by atoms with Crippen molar-refractivity contribution in [1.29, 1.82) is 0 Å². The fraction of sp³-hybridized carbons (Fsp3) is 0.333. The lowest BCUT2D eigenvalue weighted by Crippen LogP contribution is -2.41. The second kappa shape index (κ2) is 4.45. The minimum Gasteiger partial charge on any atom is -0.409 e. The summed E-state index contributed by atoms with van der Waals surface area (Å²) in [6, 6.07) is 7.91. The van der Waals surface area contributed by atoms with Crippen LogP contribution in [0.4, 0.5) is 0 Å². The number of rotatable bonds is 3. The molecule has 0 aromatic heterocycles. The molecule has 0 aliphatic heterocycles. The standard InChI is InChI=1S/C12H15N3O2/c1-15(7-11(13)14-17)12(16)10-6-8-4-2-3-5-9(8)10/h2-5,10,17H,6-7H2,1H3,(H2,13,14). The van der Waals surface area contributed by atoms with Crippen LogP contribution in [0, 0.1) is 0 Å². The second-order valence-corrected chi connectivity index (χ2v) is 4.24. The Hall–Kier alpha value is -2.04. The fourth-order valence-electron chi connectivity index (χ4n) is 2.10. The molecule has 0 radical (unpaired) electrons. The Kier molecular flexibility index (Phi) is 2.99. The van der Waals surface area contributed by atoms with Gasteiger partial charge in [-0.1, -0.05) is 29.4 Å².